The molecule has 0 saturated carbocycles. The highest BCUT2D eigenvalue weighted by atomic mass is 79.9. The van der Waals surface area contributed by atoms with Gasteiger partial charge >= 0.3 is 0 Å². The summed E-state index contributed by atoms with van der Waals surface area (Å²) in [6, 6.07) is 4.48. The van der Waals surface area contributed by atoms with Crippen LogP contribution in [0.15, 0.2) is 12.1 Å². The van der Waals surface area contributed by atoms with Crippen LogP contribution in [0.3, 0.4) is 0 Å². The monoisotopic (exact) mass is 219 g/mol. The van der Waals surface area contributed by atoms with Gasteiger partial charge in [-0.25, -0.2) is 8.78 Å². The Bertz CT molecular complexity index is 248. The van der Waals surface area contributed by atoms with Crippen LogP contribution in [0.2, 0.25) is 0 Å². The molecule has 3 heteroatoms. The lowest BCUT2D eigenvalue weighted by atomic mass is 10.1. The van der Waals surface area contributed by atoms with E-state index in [1.54, 1.807) is 0 Å². The van der Waals surface area contributed by atoms with Gasteiger partial charge in [0.25, 0.3) is 0 Å². The molecular weight excluding hydrogens is 214 g/mol. The summed E-state index contributed by atoms with van der Waals surface area (Å²) < 4.78 is 25.2. The second kappa shape index (κ2) is 3.81. The number of benzene rings is 1. The first-order valence-electron chi connectivity index (χ1n) is 3.16. The average molecular weight is 220 g/mol. The zero-order chi connectivity index (χ0) is 8.27. The molecule has 0 aromatic heterocycles. The van der Waals surface area contributed by atoms with Gasteiger partial charge in [0.2, 0.25) is 0 Å². The molecular formula is C8H6BrF2. The third-order valence-corrected chi connectivity index (χ3v) is 1.68. The van der Waals surface area contributed by atoms with Crippen LogP contribution in [0.1, 0.15) is 5.56 Å². The lowest BCUT2D eigenvalue weighted by Crippen LogP contribution is -1.92. The summed E-state index contributed by atoms with van der Waals surface area (Å²) in [7, 11) is 0. The number of aryl methyl sites for hydroxylation is 1. The molecule has 0 bridgehead atoms. The molecule has 0 heterocycles. The van der Waals surface area contributed by atoms with E-state index in [0.717, 1.165) is 12.1 Å². The lowest BCUT2D eigenvalue weighted by molar-refractivity contribution is 0.585. The van der Waals surface area contributed by atoms with E-state index in [9.17, 15) is 8.78 Å². The fraction of sp³-hybridized carbons (Fsp3) is 0.250. The maximum atomic E-state index is 12.7. The second-order valence-corrected chi connectivity index (χ2v) is 2.86. The Morgan fingerprint density at radius 1 is 1.36 bits per heavy atom. The molecule has 0 aliphatic rings. The Hall–Kier alpha value is -0.440. The normalized spacial score (nSPS) is 10.1. The third kappa shape index (κ3) is 2.26. The van der Waals surface area contributed by atoms with Gasteiger partial charge in [-0.3, -0.25) is 0 Å². The first-order valence-corrected chi connectivity index (χ1v) is 4.28. The lowest BCUT2D eigenvalue weighted by Gasteiger charge is -1.98. The molecule has 0 fully saturated rings. The molecule has 0 nitrogen and oxygen atoms in total. The van der Waals surface area contributed by atoms with Crippen LogP contribution in [-0.4, -0.2) is 5.33 Å². The van der Waals surface area contributed by atoms with Crippen LogP contribution in [-0.2, 0) is 6.42 Å². The van der Waals surface area contributed by atoms with Crippen molar-refractivity contribution in [3.63, 3.8) is 0 Å². The van der Waals surface area contributed by atoms with Crippen molar-refractivity contribution in [3.8, 4) is 0 Å². The van der Waals surface area contributed by atoms with Crippen LogP contribution >= 0.6 is 15.9 Å². The van der Waals surface area contributed by atoms with E-state index in [-0.39, 0.29) is 0 Å². The number of halogens is 3. The molecule has 1 radical (unpaired) electrons. The van der Waals surface area contributed by atoms with Crippen molar-refractivity contribution >= 4 is 15.9 Å². The van der Waals surface area contributed by atoms with Crippen molar-refractivity contribution in [1.82, 2.24) is 0 Å². The average Bonchev–Trinajstić information content (AvgIpc) is 1.98. The Kier molecular flexibility index (Phi) is 3.00. The Labute approximate surface area is 72.4 Å². The summed E-state index contributed by atoms with van der Waals surface area (Å²) in [6.07, 6.45) is 0.462. The van der Waals surface area contributed by atoms with Gasteiger partial charge in [-0.15, -0.1) is 0 Å². The molecule has 59 valence electrons. The summed E-state index contributed by atoms with van der Waals surface area (Å²) >= 11 is 3.14. The van der Waals surface area contributed by atoms with Gasteiger partial charge in [-0.1, -0.05) is 15.9 Å². The smallest absolute Gasteiger partial charge is 0.131 e. The molecule has 0 aliphatic heterocycles. The van der Waals surface area contributed by atoms with Gasteiger partial charge in [0.15, 0.2) is 0 Å². The van der Waals surface area contributed by atoms with Gasteiger partial charge in [0.1, 0.15) is 11.6 Å². The van der Waals surface area contributed by atoms with Crippen molar-refractivity contribution in [3.05, 3.63) is 35.4 Å². The van der Waals surface area contributed by atoms with Gasteiger partial charge in [0.05, 0.1) is 0 Å². The third-order valence-electron chi connectivity index (χ3n) is 1.28. The van der Waals surface area contributed by atoms with Crippen molar-refractivity contribution in [1.29, 1.82) is 0 Å². The van der Waals surface area contributed by atoms with Gasteiger partial charge in [-0.05, 0) is 24.1 Å². The minimum absolute atomic E-state index is 0.293. The number of hydrogen-bond acceptors (Lipinski definition) is 0. The van der Waals surface area contributed by atoms with Crippen LogP contribution in [0.25, 0.3) is 0 Å². The topological polar surface area (TPSA) is 0 Å². The quantitative estimate of drug-likeness (QED) is 0.672. The SMILES string of the molecule is Fc1[c]c(CCBr)c(F)cc1. The van der Waals surface area contributed by atoms with Gasteiger partial charge < -0.3 is 0 Å². The van der Waals surface area contributed by atoms with Crippen LogP contribution < -0.4 is 0 Å². The Morgan fingerprint density at radius 3 is 2.73 bits per heavy atom. The summed E-state index contributed by atoms with van der Waals surface area (Å²) in [4.78, 5) is 0. The summed E-state index contributed by atoms with van der Waals surface area (Å²) in [5, 5.41) is 0.615. The first kappa shape index (κ1) is 8.65. The van der Waals surface area contributed by atoms with E-state index in [2.05, 4.69) is 22.0 Å². The zero-order valence-corrected chi connectivity index (χ0v) is 7.29. The molecule has 0 amide bonds. The Morgan fingerprint density at radius 2 is 2.09 bits per heavy atom. The van der Waals surface area contributed by atoms with Gasteiger partial charge in [0, 0.05) is 11.4 Å². The fourth-order valence-electron chi connectivity index (χ4n) is 0.769. The van der Waals surface area contributed by atoms with E-state index < -0.39 is 11.6 Å². The largest absolute Gasteiger partial charge is 0.207 e. The summed E-state index contributed by atoms with van der Waals surface area (Å²) in [6.45, 7) is 0. The maximum Gasteiger partial charge on any atom is 0.131 e. The Balaban J connectivity index is 2.93. The molecule has 1 rings (SSSR count). The molecule has 0 saturated heterocycles. The summed E-state index contributed by atoms with van der Waals surface area (Å²) in [5.41, 5.74) is 0.293. The molecule has 0 atom stereocenters. The zero-order valence-electron chi connectivity index (χ0n) is 5.70. The fourth-order valence-corrected chi connectivity index (χ4v) is 1.17. The molecule has 1 aromatic rings. The minimum atomic E-state index is -0.512. The van der Waals surface area contributed by atoms with Crippen molar-refractivity contribution in [2.24, 2.45) is 0 Å². The first-order chi connectivity index (χ1) is 5.24. The molecule has 0 spiro atoms. The van der Waals surface area contributed by atoms with Gasteiger partial charge in [-0.2, -0.15) is 0 Å². The van der Waals surface area contributed by atoms with Crippen LogP contribution in [0.5, 0.6) is 0 Å². The second-order valence-electron chi connectivity index (χ2n) is 2.07. The standard InChI is InChI=1S/C8H6BrF2/c9-4-3-6-5-7(10)1-2-8(6)11/h1-2H,3-4H2. The van der Waals surface area contributed by atoms with Crippen molar-refractivity contribution in [2.75, 3.05) is 5.33 Å². The van der Waals surface area contributed by atoms with E-state index >= 15 is 0 Å². The van der Waals surface area contributed by atoms with E-state index in [4.69, 9.17) is 0 Å². The van der Waals surface area contributed by atoms with Crippen LogP contribution in [0.4, 0.5) is 8.78 Å². The highest BCUT2D eigenvalue weighted by molar-refractivity contribution is 9.09. The molecule has 0 N–H and O–H groups in total. The van der Waals surface area contributed by atoms with E-state index in [0.29, 0.717) is 17.3 Å². The predicted octanol–water partition coefficient (Wildman–Crippen LogP) is 2.70. The van der Waals surface area contributed by atoms with E-state index in [1.807, 2.05) is 0 Å². The highest BCUT2D eigenvalue weighted by Crippen LogP contribution is 2.09. The maximum absolute atomic E-state index is 12.7. The van der Waals surface area contributed by atoms with Crippen molar-refractivity contribution < 1.29 is 8.78 Å². The summed E-state index contributed by atoms with van der Waals surface area (Å²) in [5.74, 6) is -0.909. The molecule has 0 unspecified atom stereocenters. The predicted molar refractivity (Wildman–Crippen MR) is 42.7 cm³/mol. The number of hydrogen-bond donors (Lipinski definition) is 0. The number of alkyl halides is 1. The highest BCUT2D eigenvalue weighted by Gasteiger charge is 2.02. The molecule has 0 aliphatic carbocycles. The van der Waals surface area contributed by atoms with Crippen molar-refractivity contribution in [2.45, 2.75) is 6.42 Å². The minimum Gasteiger partial charge on any atom is -0.207 e. The van der Waals surface area contributed by atoms with E-state index in [1.165, 1.54) is 0 Å². The molecule has 11 heavy (non-hydrogen) atoms. The van der Waals surface area contributed by atoms with Crippen LogP contribution in [0, 0.1) is 17.7 Å². The molecule has 1 aromatic carbocycles. The number of rotatable bonds is 2.